The van der Waals surface area contributed by atoms with Crippen LogP contribution in [0.15, 0.2) is 24.7 Å². The molecule has 0 unspecified atom stereocenters. The Bertz CT molecular complexity index is 366. The van der Waals surface area contributed by atoms with Crippen LogP contribution in [0.25, 0.3) is 11.2 Å². The van der Waals surface area contributed by atoms with Gasteiger partial charge in [0.1, 0.15) is 5.52 Å². The molecule has 0 saturated carbocycles. The monoisotopic (exact) mass is 178 g/mol. The molecule has 2 aromatic heterocycles. The summed E-state index contributed by atoms with van der Waals surface area (Å²) in [7, 11) is 5.68. The predicted octanol–water partition coefficient (Wildman–Crippen LogP) is 0.804. The fraction of sp³-hybridized carbons (Fsp3) is 0.333. The van der Waals surface area contributed by atoms with Crippen LogP contribution >= 0.6 is 0 Å². The number of aromatic nitrogens is 3. The molecular weight excluding hydrogens is 164 g/mol. The second-order valence-electron chi connectivity index (χ2n) is 2.70. The number of fused-ring (bicyclic) bond motifs is 1. The first-order valence-corrected chi connectivity index (χ1v) is 4.10. The van der Waals surface area contributed by atoms with Crippen LogP contribution in [0.2, 0.25) is 0 Å². The molecular formula is C9H14N4. The van der Waals surface area contributed by atoms with Gasteiger partial charge in [-0.1, -0.05) is 0 Å². The summed E-state index contributed by atoms with van der Waals surface area (Å²) in [5.41, 5.74) is 1.88. The topological polar surface area (TPSA) is 42.7 Å². The minimum absolute atomic E-state index is 0.933. The third-order valence-corrected chi connectivity index (χ3v) is 1.47. The first-order valence-electron chi connectivity index (χ1n) is 4.10. The minimum atomic E-state index is 0.933. The summed E-state index contributed by atoms with van der Waals surface area (Å²) in [4.78, 5) is 8.26. The first kappa shape index (κ1) is 9.67. The van der Waals surface area contributed by atoms with Crippen LogP contribution < -0.4 is 5.32 Å². The van der Waals surface area contributed by atoms with Gasteiger partial charge in [0.05, 0.1) is 6.33 Å². The quantitative estimate of drug-likeness (QED) is 0.649. The third kappa shape index (κ3) is 2.26. The lowest BCUT2D eigenvalue weighted by Crippen LogP contribution is -1.89. The molecule has 0 radical (unpaired) electrons. The fourth-order valence-corrected chi connectivity index (χ4v) is 0.964. The SMILES string of the molecule is CNC.Cn1cnc2cccnc21. The Hall–Kier alpha value is -1.42. The minimum Gasteiger partial charge on any atom is -0.323 e. The Morgan fingerprint density at radius 3 is 2.62 bits per heavy atom. The fourth-order valence-electron chi connectivity index (χ4n) is 0.964. The van der Waals surface area contributed by atoms with E-state index in [1.54, 1.807) is 12.5 Å². The Morgan fingerprint density at radius 1 is 1.31 bits per heavy atom. The van der Waals surface area contributed by atoms with E-state index < -0.39 is 0 Å². The largest absolute Gasteiger partial charge is 0.323 e. The highest BCUT2D eigenvalue weighted by molar-refractivity contribution is 5.69. The van der Waals surface area contributed by atoms with Gasteiger partial charge in [-0.05, 0) is 26.2 Å². The summed E-state index contributed by atoms with van der Waals surface area (Å²) in [5, 5.41) is 2.75. The van der Waals surface area contributed by atoms with Crippen molar-refractivity contribution >= 4 is 11.2 Å². The lowest BCUT2D eigenvalue weighted by molar-refractivity contribution is 0.931. The molecule has 0 bridgehead atoms. The number of nitrogens with one attached hydrogen (secondary N) is 1. The van der Waals surface area contributed by atoms with Crippen molar-refractivity contribution in [2.24, 2.45) is 7.05 Å². The van der Waals surface area contributed by atoms with E-state index in [1.807, 2.05) is 37.8 Å². The lowest BCUT2D eigenvalue weighted by Gasteiger charge is -1.88. The molecule has 2 aromatic rings. The van der Waals surface area contributed by atoms with Gasteiger partial charge in [-0.3, -0.25) is 0 Å². The van der Waals surface area contributed by atoms with Gasteiger partial charge in [0.15, 0.2) is 5.65 Å². The summed E-state index contributed by atoms with van der Waals surface area (Å²) >= 11 is 0. The Kier molecular flexibility index (Phi) is 3.40. The van der Waals surface area contributed by atoms with Gasteiger partial charge in [-0.2, -0.15) is 0 Å². The predicted molar refractivity (Wildman–Crippen MR) is 53.5 cm³/mol. The molecule has 1 N–H and O–H groups in total. The number of hydrogen-bond donors (Lipinski definition) is 1. The van der Waals surface area contributed by atoms with Crippen LogP contribution in [0.4, 0.5) is 0 Å². The number of hydrogen-bond acceptors (Lipinski definition) is 3. The summed E-state index contributed by atoms with van der Waals surface area (Å²) in [6.07, 6.45) is 3.53. The molecule has 13 heavy (non-hydrogen) atoms. The van der Waals surface area contributed by atoms with Gasteiger partial charge in [0, 0.05) is 13.2 Å². The van der Waals surface area contributed by atoms with E-state index in [1.165, 1.54) is 0 Å². The second-order valence-corrected chi connectivity index (χ2v) is 2.70. The van der Waals surface area contributed by atoms with Crippen molar-refractivity contribution in [1.29, 1.82) is 0 Å². The summed E-state index contributed by atoms with van der Waals surface area (Å²) in [6.45, 7) is 0. The van der Waals surface area contributed by atoms with Gasteiger partial charge in [0.25, 0.3) is 0 Å². The Balaban J connectivity index is 0.000000251. The van der Waals surface area contributed by atoms with Crippen molar-refractivity contribution in [1.82, 2.24) is 19.9 Å². The van der Waals surface area contributed by atoms with Crippen LogP contribution in [0, 0.1) is 0 Å². The molecule has 2 rings (SSSR count). The van der Waals surface area contributed by atoms with E-state index in [2.05, 4.69) is 15.3 Å². The van der Waals surface area contributed by atoms with Crippen molar-refractivity contribution in [3.05, 3.63) is 24.7 Å². The highest BCUT2D eigenvalue weighted by atomic mass is 15.1. The second kappa shape index (κ2) is 4.57. The third-order valence-electron chi connectivity index (χ3n) is 1.47. The first-order chi connectivity index (χ1) is 6.29. The number of rotatable bonds is 0. The highest BCUT2D eigenvalue weighted by Gasteiger charge is 1.95. The molecule has 0 aliphatic rings. The van der Waals surface area contributed by atoms with E-state index in [4.69, 9.17) is 0 Å². The zero-order valence-corrected chi connectivity index (χ0v) is 8.15. The lowest BCUT2D eigenvalue weighted by atomic mass is 10.4. The average Bonchev–Trinajstić information content (AvgIpc) is 2.50. The van der Waals surface area contributed by atoms with Gasteiger partial charge < -0.3 is 9.88 Å². The van der Waals surface area contributed by atoms with E-state index in [0.717, 1.165) is 11.2 Å². The van der Waals surface area contributed by atoms with Crippen LogP contribution in [0.1, 0.15) is 0 Å². The molecule has 4 nitrogen and oxygen atoms in total. The Morgan fingerprint density at radius 2 is 2.00 bits per heavy atom. The van der Waals surface area contributed by atoms with Gasteiger partial charge in [-0.25, -0.2) is 9.97 Å². The van der Waals surface area contributed by atoms with Crippen molar-refractivity contribution in [2.75, 3.05) is 14.1 Å². The van der Waals surface area contributed by atoms with Crippen LogP contribution in [0.5, 0.6) is 0 Å². The maximum absolute atomic E-state index is 4.14. The number of nitrogens with zero attached hydrogens (tertiary/aromatic N) is 3. The molecule has 0 atom stereocenters. The van der Waals surface area contributed by atoms with Gasteiger partial charge >= 0.3 is 0 Å². The van der Waals surface area contributed by atoms with E-state index in [9.17, 15) is 0 Å². The smallest absolute Gasteiger partial charge is 0.159 e. The van der Waals surface area contributed by atoms with Gasteiger partial charge in [-0.15, -0.1) is 0 Å². The van der Waals surface area contributed by atoms with Crippen LogP contribution in [-0.2, 0) is 7.05 Å². The zero-order chi connectivity index (χ0) is 9.68. The Labute approximate surface area is 77.6 Å². The van der Waals surface area contributed by atoms with Crippen molar-refractivity contribution < 1.29 is 0 Å². The number of aryl methyl sites for hydroxylation is 1. The maximum atomic E-state index is 4.14. The normalized spacial score (nSPS) is 9.46. The van der Waals surface area contributed by atoms with Crippen molar-refractivity contribution in [3.63, 3.8) is 0 Å². The summed E-state index contributed by atoms with van der Waals surface area (Å²) in [5.74, 6) is 0. The molecule has 70 valence electrons. The molecule has 0 spiro atoms. The summed E-state index contributed by atoms with van der Waals surface area (Å²) < 4.78 is 1.90. The van der Waals surface area contributed by atoms with Crippen molar-refractivity contribution in [2.45, 2.75) is 0 Å². The maximum Gasteiger partial charge on any atom is 0.159 e. The zero-order valence-electron chi connectivity index (χ0n) is 8.15. The molecule has 4 heteroatoms. The number of imidazole rings is 1. The molecule has 0 amide bonds. The number of pyridine rings is 1. The van der Waals surface area contributed by atoms with Crippen LogP contribution in [-0.4, -0.2) is 28.6 Å². The molecule has 0 aliphatic heterocycles. The highest BCUT2D eigenvalue weighted by Crippen LogP contribution is 2.05. The standard InChI is InChI=1S/C7H7N3.C2H7N/c1-10-5-9-6-3-2-4-8-7(6)10;1-3-2/h2-5H,1H3;3H,1-2H3. The average molecular weight is 178 g/mol. The molecule has 0 fully saturated rings. The van der Waals surface area contributed by atoms with E-state index in [0.29, 0.717) is 0 Å². The molecule has 2 heterocycles. The van der Waals surface area contributed by atoms with Gasteiger partial charge in [0.2, 0.25) is 0 Å². The van der Waals surface area contributed by atoms with Crippen molar-refractivity contribution in [3.8, 4) is 0 Å². The van der Waals surface area contributed by atoms with Crippen LogP contribution in [0.3, 0.4) is 0 Å². The molecule has 0 aliphatic carbocycles. The molecule has 0 aromatic carbocycles. The van der Waals surface area contributed by atoms with E-state index in [-0.39, 0.29) is 0 Å². The molecule has 0 saturated heterocycles. The summed E-state index contributed by atoms with van der Waals surface area (Å²) in [6, 6.07) is 3.83. The van der Waals surface area contributed by atoms with E-state index >= 15 is 0 Å².